The normalized spacial score (nSPS) is 18.9. The molecule has 0 aliphatic heterocycles. The first-order chi connectivity index (χ1) is 9.19. The maximum absolute atomic E-state index is 12.9. The quantitative estimate of drug-likeness (QED) is 0.642. The molecule has 0 spiro atoms. The molecule has 2 atom stereocenters. The van der Waals surface area contributed by atoms with Crippen LogP contribution >= 0.6 is 0 Å². The third kappa shape index (κ3) is 5.56. The molecule has 0 aromatic carbocycles. The van der Waals surface area contributed by atoms with Crippen LogP contribution in [0.3, 0.4) is 0 Å². The van der Waals surface area contributed by atoms with Gasteiger partial charge < -0.3 is 4.74 Å². The summed E-state index contributed by atoms with van der Waals surface area (Å²) in [6.45, 7) is 0.964. The number of rotatable bonds is 4. The van der Waals surface area contributed by atoms with Crippen molar-refractivity contribution in [2.45, 2.75) is 38.4 Å². The van der Waals surface area contributed by atoms with Crippen molar-refractivity contribution in [2.75, 3.05) is 0 Å². The zero-order chi connectivity index (χ0) is 17.2. The van der Waals surface area contributed by atoms with E-state index in [0.29, 0.717) is 13.8 Å². The van der Waals surface area contributed by atoms with Gasteiger partial charge in [0.1, 0.15) is 12.2 Å². The molecule has 124 valence electrons. The van der Waals surface area contributed by atoms with Crippen LogP contribution in [0, 0.1) is 0 Å². The second kappa shape index (κ2) is 6.67. The van der Waals surface area contributed by atoms with Gasteiger partial charge in [0.05, 0.1) is 0 Å². The minimum Gasteiger partial charge on any atom is -0.361 e. The molecule has 0 N–H and O–H groups in total. The van der Waals surface area contributed by atoms with E-state index in [1.165, 1.54) is 0 Å². The molecule has 0 saturated heterocycles. The van der Waals surface area contributed by atoms with Crippen LogP contribution in [-0.4, -0.2) is 24.6 Å². The van der Waals surface area contributed by atoms with E-state index < -0.39 is 47.9 Å². The lowest BCUT2D eigenvalue weighted by molar-refractivity contribution is -0.115. The average molecular weight is 334 g/mol. The monoisotopic (exact) mass is 334 g/mol. The summed E-state index contributed by atoms with van der Waals surface area (Å²) in [6, 6.07) is 0. The molecule has 0 rings (SSSR count). The molecule has 0 radical (unpaired) electrons. The maximum Gasteiger partial charge on any atom is 0.445 e. The van der Waals surface area contributed by atoms with Crippen molar-refractivity contribution in [2.24, 2.45) is 0 Å². The number of halogens is 10. The van der Waals surface area contributed by atoms with Crippen LogP contribution in [0.25, 0.3) is 0 Å². The minimum absolute atomic E-state index is 0.482. The van der Waals surface area contributed by atoms with Crippen molar-refractivity contribution >= 4 is 0 Å². The molecular formula is C10H8F10O. The van der Waals surface area contributed by atoms with Crippen LogP contribution in [-0.2, 0) is 4.74 Å². The van der Waals surface area contributed by atoms with Gasteiger partial charge in [-0.15, -0.1) is 0 Å². The molecule has 0 aromatic heterocycles. The summed E-state index contributed by atoms with van der Waals surface area (Å²) in [5, 5.41) is 0. The summed E-state index contributed by atoms with van der Waals surface area (Å²) in [5.74, 6) is -11.4. The van der Waals surface area contributed by atoms with E-state index in [1.807, 2.05) is 0 Å². The van der Waals surface area contributed by atoms with Gasteiger partial charge >= 0.3 is 12.4 Å². The molecule has 0 fully saturated rings. The smallest absolute Gasteiger partial charge is 0.361 e. The minimum atomic E-state index is -5.68. The number of hydrogen-bond donors (Lipinski definition) is 0. The van der Waals surface area contributed by atoms with Gasteiger partial charge in [0, 0.05) is 0 Å². The number of ether oxygens (including phenoxy) is 1. The molecule has 0 amide bonds. The highest BCUT2D eigenvalue weighted by Crippen LogP contribution is 2.34. The van der Waals surface area contributed by atoms with Gasteiger partial charge in [-0.1, -0.05) is 0 Å². The van der Waals surface area contributed by atoms with Gasteiger partial charge in [-0.05, 0) is 13.8 Å². The summed E-state index contributed by atoms with van der Waals surface area (Å²) in [4.78, 5) is 0. The standard InChI is InChI=1S/C10H8F10O/c1-3(5(11)7(13)9(15,16)17)21-4(2)6(12)8(14)10(18,19)20/h3-4H,1-2H3. The molecule has 21 heavy (non-hydrogen) atoms. The average Bonchev–Trinajstić information content (AvgIpc) is 2.32. The predicted octanol–water partition coefficient (Wildman–Crippen LogP) is 5.21. The fraction of sp³-hybridized carbons (Fsp3) is 0.600. The maximum atomic E-state index is 12.9. The van der Waals surface area contributed by atoms with Gasteiger partial charge in [-0.2, -0.15) is 35.1 Å². The molecule has 0 aromatic rings. The molecular weight excluding hydrogens is 326 g/mol. The molecule has 0 aliphatic carbocycles. The Kier molecular flexibility index (Phi) is 6.27. The van der Waals surface area contributed by atoms with Crippen molar-refractivity contribution in [3.8, 4) is 0 Å². The van der Waals surface area contributed by atoms with Gasteiger partial charge in [0.25, 0.3) is 0 Å². The van der Waals surface area contributed by atoms with Crippen LogP contribution in [0.4, 0.5) is 43.9 Å². The lowest BCUT2D eigenvalue weighted by atomic mass is 10.2. The summed E-state index contributed by atoms with van der Waals surface area (Å²) >= 11 is 0. The van der Waals surface area contributed by atoms with Crippen LogP contribution in [0.5, 0.6) is 0 Å². The third-order valence-electron chi connectivity index (χ3n) is 2.04. The van der Waals surface area contributed by atoms with Gasteiger partial charge in [-0.25, -0.2) is 8.78 Å². The Balaban J connectivity index is 5.17. The first-order valence-electron chi connectivity index (χ1n) is 5.09. The molecule has 0 saturated carbocycles. The summed E-state index contributed by atoms with van der Waals surface area (Å²) in [5.41, 5.74) is 0. The Morgan fingerprint density at radius 1 is 0.667 bits per heavy atom. The number of hydrogen-bond acceptors (Lipinski definition) is 1. The van der Waals surface area contributed by atoms with Crippen LogP contribution in [0.2, 0.25) is 0 Å². The van der Waals surface area contributed by atoms with Gasteiger partial charge in [0.2, 0.25) is 11.7 Å². The van der Waals surface area contributed by atoms with E-state index in [2.05, 4.69) is 4.74 Å². The number of allylic oxidation sites excluding steroid dienone is 2. The van der Waals surface area contributed by atoms with Crippen molar-refractivity contribution in [3.05, 3.63) is 23.3 Å². The largest absolute Gasteiger partial charge is 0.445 e. The van der Waals surface area contributed by atoms with Crippen molar-refractivity contribution in [1.82, 2.24) is 0 Å². The van der Waals surface area contributed by atoms with Crippen molar-refractivity contribution in [1.29, 1.82) is 0 Å². The van der Waals surface area contributed by atoms with Crippen molar-refractivity contribution < 1.29 is 48.6 Å². The van der Waals surface area contributed by atoms with Crippen LogP contribution < -0.4 is 0 Å². The second-order valence-corrected chi connectivity index (χ2v) is 3.74. The van der Waals surface area contributed by atoms with Gasteiger partial charge in [0.15, 0.2) is 11.7 Å². The van der Waals surface area contributed by atoms with Crippen LogP contribution in [0.15, 0.2) is 23.3 Å². The summed E-state index contributed by atoms with van der Waals surface area (Å²) in [7, 11) is 0. The lowest BCUT2D eigenvalue weighted by Gasteiger charge is -2.18. The van der Waals surface area contributed by atoms with Crippen LogP contribution in [0.1, 0.15) is 13.8 Å². The van der Waals surface area contributed by atoms with Gasteiger partial charge in [-0.3, -0.25) is 0 Å². The molecule has 0 bridgehead atoms. The third-order valence-corrected chi connectivity index (χ3v) is 2.04. The Morgan fingerprint density at radius 3 is 1.10 bits per heavy atom. The number of alkyl halides is 6. The Hall–Kier alpha value is -1.26. The fourth-order valence-corrected chi connectivity index (χ4v) is 1.05. The highest BCUT2D eigenvalue weighted by atomic mass is 19.4. The zero-order valence-corrected chi connectivity index (χ0v) is 10.3. The lowest BCUT2D eigenvalue weighted by Crippen LogP contribution is -2.23. The molecule has 2 unspecified atom stereocenters. The predicted molar refractivity (Wildman–Crippen MR) is 50.6 cm³/mol. The second-order valence-electron chi connectivity index (χ2n) is 3.74. The molecule has 11 heteroatoms. The Bertz CT molecular complexity index is 390. The highest BCUT2D eigenvalue weighted by molar-refractivity contribution is 5.12. The van der Waals surface area contributed by atoms with Crippen molar-refractivity contribution in [3.63, 3.8) is 0 Å². The summed E-state index contributed by atoms with van der Waals surface area (Å²) < 4.78 is 126. The first-order valence-corrected chi connectivity index (χ1v) is 5.09. The molecule has 0 heterocycles. The first kappa shape index (κ1) is 19.7. The van der Waals surface area contributed by atoms with E-state index in [9.17, 15) is 43.9 Å². The summed E-state index contributed by atoms with van der Waals surface area (Å²) in [6.07, 6.45) is -16.1. The Morgan fingerprint density at radius 2 is 0.905 bits per heavy atom. The van der Waals surface area contributed by atoms with E-state index in [-0.39, 0.29) is 0 Å². The van der Waals surface area contributed by atoms with E-state index >= 15 is 0 Å². The molecule has 0 aliphatic rings. The van der Waals surface area contributed by atoms with E-state index in [1.54, 1.807) is 0 Å². The van der Waals surface area contributed by atoms with E-state index in [0.717, 1.165) is 0 Å². The SMILES string of the molecule is CC(OC(C)C(F)=C(F)C(F)(F)F)C(F)=C(F)C(F)(F)F. The fourth-order valence-electron chi connectivity index (χ4n) is 1.05. The topological polar surface area (TPSA) is 9.23 Å². The van der Waals surface area contributed by atoms with E-state index in [4.69, 9.17) is 0 Å². The molecule has 1 nitrogen and oxygen atoms in total. The Labute approximate surface area is 111 Å². The zero-order valence-electron chi connectivity index (χ0n) is 10.3. The highest BCUT2D eigenvalue weighted by Gasteiger charge is 2.41.